The molecule has 0 radical (unpaired) electrons. The van der Waals surface area contributed by atoms with E-state index in [1.54, 1.807) is 24.3 Å². The summed E-state index contributed by atoms with van der Waals surface area (Å²) in [7, 11) is 0. The van der Waals surface area contributed by atoms with Gasteiger partial charge in [0.15, 0.2) is 12.4 Å². The van der Waals surface area contributed by atoms with E-state index in [0.717, 1.165) is 0 Å². The number of hydrogen-bond donors (Lipinski definition) is 0. The van der Waals surface area contributed by atoms with Crippen LogP contribution in [0.15, 0.2) is 53.5 Å². The van der Waals surface area contributed by atoms with Crippen molar-refractivity contribution in [1.29, 1.82) is 0 Å². The molecule has 21 heavy (non-hydrogen) atoms. The van der Waals surface area contributed by atoms with Crippen molar-refractivity contribution in [3.05, 3.63) is 69.8 Å². The second-order valence-corrected chi connectivity index (χ2v) is 4.45. The molecular formula is C15H10N2O4. The molecule has 0 saturated carbocycles. The fourth-order valence-electron chi connectivity index (χ4n) is 2.11. The molecule has 0 spiro atoms. The number of aldehydes is 1. The standard InChI is InChI=1S/C15H10N2O4/c18-9-14-12-3-1-2-4-13(12)16-15(21-14)10-5-7-11(8-6-10)17(19)20/h1-9,14H. The van der Waals surface area contributed by atoms with E-state index >= 15 is 0 Å². The van der Waals surface area contributed by atoms with Crippen LogP contribution in [0.2, 0.25) is 0 Å². The molecule has 6 nitrogen and oxygen atoms in total. The maximum atomic E-state index is 11.2. The van der Waals surface area contributed by atoms with Gasteiger partial charge in [0.25, 0.3) is 5.69 Å². The van der Waals surface area contributed by atoms with Crippen molar-refractivity contribution in [3.63, 3.8) is 0 Å². The Kier molecular flexibility index (Phi) is 3.19. The Morgan fingerprint density at radius 2 is 1.86 bits per heavy atom. The van der Waals surface area contributed by atoms with Crippen molar-refractivity contribution < 1.29 is 14.5 Å². The van der Waals surface area contributed by atoms with Crippen LogP contribution in [0, 0.1) is 10.1 Å². The fraction of sp³-hybridized carbons (Fsp3) is 0.0667. The van der Waals surface area contributed by atoms with E-state index in [0.29, 0.717) is 23.1 Å². The van der Waals surface area contributed by atoms with Gasteiger partial charge in [-0.2, -0.15) is 0 Å². The highest BCUT2D eigenvalue weighted by Crippen LogP contribution is 2.33. The number of carbonyl (C=O) groups is 1. The number of ether oxygens (including phenoxy) is 1. The second-order valence-electron chi connectivity index (χ2n) is 4.45. The van der Waals surface area contributed by atoms with Crippen molar-refractivity contribution >= 4 is 23.6 Å². The quantitative estimate of drug-likeness (QED) is 0.492. The van der Waals surface area contributed by atoms with Crippen LogP contribution in [-0.2, 0) is 9.53 Å². The highest BCUT2D eigenvalue weighted by atomic mass is 16.6. The number of non-ortho nitro benzene ring substituents is 1. The molecule has 1 unspecified atom stereocenters. The van der Waals surface area contributed by atoms with E-state index in [1.165, 1.54) is 12.1 Å². The Balaban J connectivity index is 2.01. The third-order valence-electron chi connectivity index (χ3n) is 3.15. The summed E-state index contributed by atoms with van der Waals surface area (Å²) in [6.07, 6.45) is -0.0114. The zero-order valence-electron chi connectivity index (χ0n) is 10.8. The number of fused-ring (bicyclic) bond motifs is 1. The first-order valence-electron chi connectivity index (χ1n) is 6.23. The van der Waals surface area contributed by atoms with E-state index in [-0.39, 0.29) is 11.6 Å². The molecule has 0 amide bonds. The molecule has 1 aliphatic rings. The van der Waals surface area contributed by atoms with Gasteiger partial charge in [-0.05, 0) is 18.2 Å². The number of nitro benzene ring substituents is 1. The Morgan fingerprint density at radius 3 is 2.52 bits per heavy atom. The van der Waals surface area contributed by atoms with Gasteiger partial charge in [-0.3, -0.25) is 14.9 Å². The zero-order chi connectivity index (χ0) is 14.8. The minimum atomic E-state index is -0.719. The maximum Gasteiger partial charge on any atom is 0.269 e. The molecule has 6 heteroatoms. The van der Waals surface area contributed by atoms with Gasteiger partial charge in [0.1, 0.15) is 0 Å². The van der Waals surface area contributed by atoms with Crippen LogP contribution < -0.4 is 0 Å². The largest absolute Gasteiger partial charge is 0.461 e. The van der Waals surface area contributed by atoms with Crippen LogP contribution in [0.4, 0.5) is 11.4 Å². The van der Waals surface area contributed by atoms with E-state index in [9.17, 15) is 14.9 Å². The average molecular weight is 282 g/mol. The predicted octanol–water partition coefficient (Wildman–Crippen LogP) is 2.94. The van der Waals surface area contributed by atoms with E-state index in [1.807, 2.05) is 12.1 Å². The van der Waals surface area contributed by atoms with Crippen LogP contribution in [0.5, 0.6) is 0 Å². The minimum absolute atomic E-state index is 0.0116. The molecule has 0 saturated heterocycles. The molecular weight excluding hydrogens is 272 g/mol. The summed E-state index contributed by atoms with van der Waals surface area (Å²) in [5.74, 6) is 0.278. The normalized spacial score (nSPS) is 16.4. The van der Waals surface area contributed by atoms with Crippen LogP contribution in [0.25, 0.3) is 0 Å². The van der Waals surface area contributed by atoms with Crippen LogP contribution in [0.3, 0.4) is 0 Å². The molecule has 0 N–H and O–H groups in total. The Bertz CT molecular complexity index is 738. The monoisotopic (exact) mass is 282 g/mol. The first-order valence-corrected chi connectivity index (χ1v) is 6.23. The summed E-state index contributed by atoms with van der Waals surface area (Å²) < 4.78 is 5.56. The molecule has 104 valence electrons. The number of hydrogen-bond acceptors (Lipinski definition) is 5. The van der Waals surface area contributed by atoms with Gasteiger partial charge in [-0.15, -0.1) is 0 Å². The third-order valence-corrected chi connectivity index (χ3v) is 3.15. The van der Waals surface area contributed by atoms with Gasteiger partial charge in [-0.25, -0.2) is 4.99 Å². The van der Waals surface area contributed by atoms with Crippen molar-refractivity contribution in [2.24, 2.45) is 4.99 Å². The Morgan fingerprint density at radius 1 is 1.14 bits per heavy atom. The number of nitro groups is 1. The number of carbonyl (C=O) groups excluding carboxylic acids is 1. The number of rotatable bonds is 3. The molecule has 2 aromatic rings. The lowest BCUT2D eigenvalue weighted by atomic mass is 10.1. The number of benzene rings is 2. The third kappa shape index (κ3) is 2.38. The highest BCUT2D eigenvalue weighted by Gasteiger charge is 2.24. The lowest BCUT2D eigenvalue weighted by molar-refractivity contribution is -0.384. The Labute approximate surface area is 119 Å². The summed E-state index contributed by atoms with van der Waals surface area (Å²) in [5, 5.41) is 10.6. The molecule has 1 aliphatic heterocycles. The number of nitrogens with zero attached hydrogens (tertiary/aromatic N) is 2. The van der Waals surface area contributed by atoms with Gasteiger partial charge in [0.05, 0.1) is 10.6 Å². The van der Waals surface area contributed by atoms with Crippen molar-refractivity contribution in [2.75, 3.05) is 0 Å². The first kappa shape index (κ1) is 13.0. The molecule has 1 atom stereocenters. The van der Waals surface area contributed by atoms with Gasteiger partial charge in [0, 0.05) is 23.3 Å². The molecule has 0 aromatic heterocycles. The van der Waals surface area contributed by atoms with Crippen molar-refractivity contribution in [2.45, 2.75) is 6.10 Å². The smallest absolute Gasteiger partial charge is 0.269 e. The zero-order valence-corrected chi connectivity index (χ0v) is 10.8. The topological polar surface area (TPSA) is 81.8 Å². The first-order chi connectivity index (χ1) is 10.2. The van der Waals surface area contributed by atoms with Crippen LogP contribution >= 0.6 is 0 Å². The van der Waals surface area contributed by atoms with E-state index in [2.05, 4.69) is 4.99 Å². The fourth-order valence-corrected chi connectivity index (χ4v) is 2.11. The second kappa shape index (κ2) is 5.16. The predicted molar refractivity (Wildman–Crippen MR) is 75.6 cm³/mol. The lowest BCUT2D eigenvalue weighted by Crippen LogP contribution is -2.17. The lowest BCUT2D eigenvalue weighted by Gasteiger charge is -2.22. The highest BCUT2D eigenvalue weighted by molar-refractivity contribution is 5.98. The Hall–Kier alpha value is -3.02. The summed E-state index contributed by atoms with van der Waals surface area (Å²) in [5.41, 5.74) is 1.94. The molecule has 3 rings (SSSR count). The number of para-hydroxylation sites is 1. The summed E-state index contributed by atoms with van der Waals surface area (Å²) in [6.45, 7) is 0. The number of aliphatic imine (C=N–C) groups is 1. The molecule has 1 heterocycles. The van der Waals surface area contributed by atoms with Gasteiger partial charge in [0.2, 0.25) is 5.90 Å². The molecule has 0 bridgehead atoms. The van der Waals surface area contributed by atoms with E-state index in [4.69, 9.17) is 4.74 Å². The summed E-state index contributed by atoms with van der Waals surface area (Å²) in [4.78, 5) is 25.7. The summed E-state index contributed by atoms with van der Waals surface area (Å²) >= 11 is 0. The van der Waals surface area contributed by atoms with Crippen molar-refractivity contribution in [1.82, 2.24) is 0 Å². The van der Waals surface area contributed by atoms with Gasteiger partial charge < -0.3 is 4.74 Å². The van der Waals surface area contributed by atoms with E-state index < -0.39 is 11.0 Å². The van der Waals surface area contributed by atoms with Crippen LogP contribution in [0.1, 0.15) is 17.2 Å². The van der Waals surface area contributed by atoms with Crippen molar-refractivity contribution in [3.8, 4) is 0 Å². The SMILES string of the molecule is O=CC1OC(c2ccc([N+](=O)[O-])cc2)=Nc2ccccc21. The molecule has 2 aromatic carbocycles. The van der Waals surface area contributed by atoms with Gasteiger partial charge >= 0.3 is 0 Å². The molecule has 0 aliphatic carbocycles. The maximum absolute atomic E-state index is 11.2. The van der Waals surface area contributed by atoms with Crippen LogP contribution in [-0.4, -0.2) is 17.1 Å². The average Bonchev–Trinajstić information content (AvgIpc) is 2.53. The van der Waals surface area contributed by atoms with Gasteiger partial charge in [-0.1, -0.05) is 18.2 Å². The molecule has 0 fully saturated rings. The summed E-state index contributed by atoms with van der Waals surface area (Å²) in [6, 6.07) is 13.0. The minimum Gasteiger partial charge on any atom is -0.461 e.